The number of hydrogen-bond donors (Lipinski definition) is 2. The molecule has 1 saturated heterocycles. The number of benzene rings is 1. The summed E-state index contributed by atoms with van der Waals surface area (Å²) in [7, 11) is 1.60. The predicted octanol–water partition coefficient (Wildman–Crippen LogP) is 3.17. The Balaban J connectivity index is 0.00000392. The van der Waals surface area contributed by atoms with Crippen LogP contribution in [-0.4, -0.2) is 43.4 Å². The highest BCUT2D eigenvalue weighted by Crippen LogP contribution is 2.22. The molecule has 1 aromatic carbocycles. The molecule has 1 fully saturated rings. The number of carbonyl (C=O) groups excluding carboxylic acids is 1. The van der Waals surface area contributed by atoms with Crippen molar-refractivity contribution in [1.82, 2.24) is 15.5 Å². The molecule has 0 spiro atoms. The number of piperidine rings is 1. The van der Waals surface area contributed by atoms with Crippen molar-refractivity contribution in [3.8, 4) is 0 Å². The molecular weight excluding hydrogens is 491 g/mol. The topological polar surface area (TPSA) is 56.7 Å². The number of amides is 1. The predicted molar refractivity (Wildman–Crippen MR) is 109 cm³/mol. The van der Waals surface area contributed by atoms with Gasteiger partial charge in [-0.3, -0.25) is 4.79 Å². The Morgan fingerprint density at radius 2 is 1.75 bits per heavy atom. The Labute approximate surface area is 179 Å². The van der Waals surface area contributed by atoms with E-state index < -0.39 is 35.4 Å². The molecule has 1 amide bonds. The molecule has 2 N–H and O–H groups in total. The van der Waals surface area contributed by atoms with Gasteiger partial charge in [-0.25, -0.2) is 22.6 Å². The van der Waals surface area contributed by atoms with Gasteiger partial charge in [0.25, 0.3) is 0 Å². The highest BCUT2D eigenvalue weighted by atomic mass is 127. The highest BCUT2D eigenvalue weighted by Gasteiger charge is 2.24. The molecule has 0 bridgehead atoms. The number of likely N-dealkylation sites (tertiary alicyclic amines) is 1. The van der Waals surface area contributed by atoms with Crippen LogP contribution in [0, 0.1) is 29.2 Å². The third-order valence-corrected chi connectivity index (χ3v) is 4.59. The fourth-order valence-corrected chi connectivity index (χ4v) is 3.05. The van der Waals surface area contributed by atoms with Gasteiger partial charge in [-0.15, -0.1) is 24.0 Å². The standard InChI is InChI=1S/C18H24F4N4O.HI/c1-3-24-18(26-6-4-11(5-7-26)8-15(27)23-2)25-10-12-16(21)13(19)9-14(20)17(12)22;/h9,11H,3-8,10H2,1-2H3,(H,23,27)(H,24,25);1H. The van der Waals surface area contributed by atoms with Crippen molar-refractivity contribution in [2.75, 3.05) is 26.7 Å². The van der Waals surface area contributed by atoms with Crippen LogP contribution in [0.4, 0.5) is 17.6 Å². The molecule has 2 rings (SSSR count). The van der Waals surface area contributed by atoms with E-state index in [9.17, 15) is 22.4 Å². The molecule has 28 heavy (non-hydrogen) atoms. The number of carbonyl (C=O) groups is 1. The van der Waals surface area contributed by atoms with Crippen LogP contribution < -0.4 is 10.6 Å². The van der Waals surface area contributed by atoms with Crippen molar-refractivity contribution in [1.29, 1.82) is 0 Å². The second-order valence-corrected chi connectivity index (χ2v) is 6.42. The van der Waals surface area contributed by atoms with E-state index in [4.69, 9.17) is 0 Å². The molecule has 1 aliphatic rings. The van der Waals surface area contributed by atoms with E-state index in [1.54, 1.807) is 7.05 Å². The second kappa shape index (κ2) is 11.4. The van der Waals surface area contributed by atoms with Gasteiger partial charge < -0.3 is 15.5 Å². The summed E-state index contributed by atoms with van der Waals surface area (Å²) in [5.74, 6) is -5.09. The van der Waals surface area contributed by atoms with E-state index in [2.05, 4.69) is 15.6 Å². The lowest BCUT2D eigenvalue weighted by molar-refractivity contribution is -0.121. The van der Waals surface area contributed by atoms with Crippen LogP contribution in [0.3, 0.4) is 0 Å². The Morgan fingerprint density at radius 3 is 2.25 bits per heavy atom. The van der Waals surface area contributed by atoms with Crippen molar-refractivity contribution in [3.63, 3.8) is 0 Å². The third kappa shape index (κ3) is 6.21. The zero-order valence-electron chi connectivity index (χ0n) is 15.8. The van der Waals surface area contributed by atoms with Crippen molar-refractivity contribution < 1.29 is 22.4 Å². The van der Waals surface area contributed by atoms with Gasteiger partial charge in [0, 0.05) is 39.2 Å². The summed E-state index contributed by atoms with van der Waals surface area (Å²) in [4.78, 5) is 17.5. The fraction of sp³-hybridized carbons (Fsp3) is 0.556. The third-order valence-electron chi connectivity index (χ3n) is 4.59. The molecule has 158 valence electrons. The molecule has 0 aliphatic carbocycles. The van der Waals surface area contributed by atoms with Gasteiger partial charge in [0.2, 0.25) is 5.91 Å². The minimum absolute atomic E-state index is 0. The molecule has 0 radical (unpaired) electrons. The van der Waals surface area contributed by atoms with E-state index in [-0.39, 0.29) is 41.9 Å². The normalized spacial score (nSPS) is 15.2. The minimum atomic E-state index is -1.45. The zero-order valence-corrected chi connectivity index (χ0v) is 18.2. The summed E-state index contributed by atoms with van der Waals surface area (Å²) >= 11 is 0. The second-order valence-electron chi connectivity index (χ2n) is 6.42. The molecule has 1 aromatic rings. The quantitative estimate of drug-likeness (QED) is 0.208. The Kier molecular flexibility index (Phi) is 9.97. The van der Waals surface area contributed by atoms with Crippen molar-refractivity contribution in [2.45, 2.75) is 32.7 Å². The largest absolute Gasteiger partial charge is 0.359 e. The van der Waals surface area contributed by atoms with E-state index >= 15 is 0 Å². The van der Waals surface area contributed by atoms with E-state index in [1.807, 2.05) is 11.8 Å². The van der Waals surface area contributed by atoms with Crippen LogP contribution in [0.2, 0.25) is 0 Å². The van der Waals surface area contributed by atoms with Gasteiger partial charge >= 0.3 is 0 Å². The van der Waals surface area contributed by atoms with Crippen LogP contribution in [0.25, 0.3) is 0 Å². The van der Waals surface area contributed by atoms with Crippen LogP contribution in [0.1, 0.15) is 31.7 Å². The van der Waals surface area contributed by atoms with Crippen molar-refractivity contribution in [2.24, 2.45) is 10.9 Å². The molecule has 1 heterocycles. The first-order chi connectivity index (χ1) is 12.9. The maximum absolute atomic E-state index is 13.8. The average molecular weight is 516 g/mol. The maximum Gasteiger partial charge on any atom is 0.220 e. The number of hydrogen-bond acceptors (Lipinski definition) is 2. The molecule has 10 heteroatoms. The molecule has 0 aromatic heterocycles. The number of aliphatic imine (C=N–C) groups is 1. The van der Waals surface area contributed by atoms with Gasteiger partial charge in [0.05, 0.1) is 12.1 Å². The lowest BCUT2D eigenvalue weighted by atomic mass is 9.93. The van der Waals surface area contributed by atoms with Crippen LogP contribution >= 0.6 is 24.0 Å². The number of guanidine groups is 1. The Morgan fingerprint density at radius 1 is 1.18 bits per heavy atom. The van der Waals surface area contributed by atoms with Crippen LogP contribution in [0.5, 0.6) is 0 Å². The maximum atomic E-state index is 13.8. The SMILES string of the molecule is CCNC(=NCc1c(F)c(F)cc(F)c1F)N1CCC(CC(=O)NC)CC1.I. The van der Waals surface area contributed by atoms with Crippen molar-refractivity contribution in [3.05, 3.63) is 34.9 Å². The fourth-order valence-electron chi connectivity index (χ4n) is 3.05. The first kappa shape index (κ1) is 24.4. The Hall–Kier alpha value is -1.59. The van der Waals surface area contributed by atoms with Gasteiger partial charge in [-0.2, -0.15) is 0 Å². The van der Waals surface area contributed by atoms with E-state index in [1.165, 1.54) is 0 Å². The molecule has 5 nitrogen and oxygen atoms in total. The smallest absolute Gasteiger partial charge is 0.220 e. The zero-order chi connectivity index (χ0) is 20.0. The van der Waals surface area contributed by atoms with Crippen LogP contribution in [-0.2, 0) is 11.3 Å². The summed E-state index contributed by atoms with van der Waals surface area (Å²) in [5, 5.41) is 5.63. The number of nitrogens with zero attached hydrogens (tertiary/aromatic N) is 2. The van der Waals surface area contributed by atoms with Gasteiger partial charge in [-0.05, 0) is 25.7 Å². The monoisotopic (exact) mass is 516 g/mol. The van der Waals surface area contributed by atoms with Gasteiger partial charge in [-0.1, -0.05) is 0 Å². The van der Waals surface area contributed by atoms with Crippen molar-refractivity contribution >= 4 is 35.8 Å². The summed E-state index contributed by atoms with van der Waals surface area (Å²) in [6.45, 7) is 3.09. The average Bonchev–Trinajstić information content (AvgIpc) is 2.66. The molecule has 0 atom stereocenters. The van der Waals surface area contributed by atoms with Crippen LogP contribution in [0.15, 0.2) is 11.1 Å². The lowest BCUT2D eigenvalue weighted by Gasteiger charge is -2.34. The number of rotatable bonds is 5. The first-order valence-corrected chi connectivity index (χ1v) is 8.93. The molecule has 1 aliphatic heterocycles. The van der Waals surface area contributed by atoms with E-state index in [0.717, 1.165) is 12.8 Å². The first-order valence-electron chi connectivity index (χ1n) is 8.93. The summed E-state index contributed by atoms with van der Waals surface area (Å²) in [6, 6.07) is 0.181. The summed E-state index contributed by atoms with van der Waals surface area (Å²) < 4.78 is 54.3. The lowest BCUT2D eigenvalue weighted by Crippen LogP contribution is -2.46. The minimum Gasteiger partial charge on any atom is -0.359 e. The summed E-state index contributed by atoms with van der Waals surface area (Å²) in [5.41, 5.74) is -0.739. The highest BCUT2D eigenvalue weighted by molar-refractivity contribution is 14.0. The molecular formula is C18H25F4IN4O. The van der Waals surface area contributed by atoms with E-state index in [0.29, 0.717) is 32.0 Å². The van der Waals surface area contributed by atoms with Gasteiger partial charge in [0.15, 0.2) is 29.2 Å². The number of nitrogens with one attached hydrogen (secondary N) is 2. The Bertz CT molecular complexity index is 683. The number of halogens is 5. The summed E-state index contributed by atoms with van der Waals surface area (Å²) in [6.07, 6.45) is 2.00. The molecule has 0 saturated carbocycles. The van der Waals surface area contributed by atoms with Gasteiger partial charge in [0.1, 0.15) is 0 Å². The molecule has 0 unspecified atom stereocenters.